The van der Waals surface area contributed by atoms with Gasteiger partial charge >= 0.3 is 0 Å². The fourth-order valence-electron chi connectivity index (χ4n) is 3.29. The van der Waals surface area contributed by atoms with Crippen LogP contribution in [0.2, 0.25) is 0 Å². The van der Waals surface area contributed by atoms with Crippen molar-refractivity contribution in [3.05, 3.63) is 40.3 Å². The molecule has 8 heteroatoms. The summed E-state index contributed by atoms with van der Waals surface area (Å²) in [6, 6.07) is 1.79. The van der Waals surface area contributed by atoms with Crippen molar-refractivity contribution in [2.24, 2.45) is 0 Å². The van der Waals surface area contributed by atoms with E-state index in [1.807, 2.05) is 19.2 Å². The van der Waals surface area contributed by atoms with E-state index in [-0.39, 0.29) is 23.9 Å². The van der Waals surface area contributed by atoms with E-state index < -0.39 is 0 Å². The predicted molar refractivity (Wildman–Crippen MR) is 101 cm³/mol. The molecule has 0 spiro atoms. The number of rotatable bonds is 7. The Labute approximate surface area is 157 Å². The molecule has 1 saturated heterocycles. The molecule has 1 aliphatic rings. The van der Waals surface area contributed by atoms with E-state index in [2.05, 4.69) is 32.1 Å². The number of carbonyl (C=O) groups is 2. The smallest absolute Gasteiger partial charge is 0.254 e. The van der Waals surface area contributed by atoms with Crippen LogP contribution in [0.25, 0.3) is 0 Å². The van der Waals surface area contributed by atoms with Crippen LogP contribution in [0.1, 0.15) is 36.2 Å². The minimum atomic E-state index is -0.224. The minimum absolute atomic E-state index is 0.0262. The molecule has 0 saturated carbocycles. The van der Waals surface area contributed by atoms with Gasteiger partial charge in [-0.25, -0.2) is 0 Å². The first-order chi connectivity index (χ1) is 12.6. The summed E-state index contributed by atoms with van der Waals surface area (Å²) in [6.07, 6.45) is 3.94. The van der Waals surface area contributed by atoms with Crippen LogP contribution in [-0.2, 0) is 17.9 Å². The van der Waals surface area contributed by atoms with E-state index in [0.717, 1.165) is 6.54 Å². The van der Waals surface area contributed by atoms with Crippen LogP contribution in [0.4, 0.5) is 0 Å². The van der Waals surface area contributed by atoms with Gasteiger partial charge in [0, 0.05) is 38.4 Å². The fourth-order valence-corrected chi connectivity index (χ4v) is 3.95. The highest BCUT2D eigenvalue weighted by Gasteiger charge is 2.37. The summed E-state index contributed by atoms with van der Waals surface area (Å²) in [6.45, 7) is 6.60. The Hall–Kier alpha value is -2.19. The number of aryl methyl sites for hydroxylation is 1. The van der Waals surface area contributed by atoms with Crippen molar-refractivity contribution in [3.63, 3.8) is 0 Å². The highest BCUT2D eigenvalue weighted by Crippen LogP contribution is 2.22. The molecule has 0 aromatic carbocycles. The molecule has 0 unspecified atom stereocenters. The van der Waals surface area contributed by atoms with Gasteiger partial charge in [-0.15, -0.1) is 0 Å². The molecule has 3 rings (SSSR count). The molecule has 2 amide bonds. The zero-order valence-electron chi connectivity index (χ0n) is 15.1. The van der Waals surface area contributed by atoms with Crippen LogP contribution in [-0.4, -0.2) is 51.7 Å². The average molecular weight is 375 g/mol. The number of nitrogens with zero attached hydrogens (tertiary/aromatic N) is 3. The lowest BCUT2D eigenvalue weighted by atomic mass is 10.1. The number of likely N-dealkylation sites (tertiary alicyclic amines) is 1. The molecule has 1 aliphatic heterocycles. The van der Waals surface area contributed by atoms with Gasteiger partial charge in [0.05, 0.1) is 17.8 Å². The van der Waals surface area contributed by atoms with E-state index >= 15 is 0 Å². The third-order valence-corrected chi connectivity index (χ3v) is 5.31. The summed E-state index contributed by atoms with van der Waals surface area (Å²) < 4.78 is 1.73. The molecule has 2 aromatic heterocycles. The average Bonchev–Trinajstić information content (AvgIpc) is 3.35. The Morgan fingerprint density at radius 3 is 2.88 bits per heavy atom. The van der Waals surface area contributed by atoms with E-state index in [1.54, 1.807) is 28.4 Å². The number of likely N-dealkylation sites (N-methyl/N-ethyl adjacent to an activating group) is 1. The minimum Gasteiger partial charge on any atom is -0.355 e. The largest absolute Gasteiger partial charge is 0.355 e. The lowest BCUT2D eigenvalue weighted by Crippen LogP contribution is -2.42. The summed E-state index contributed by atoms with van der Waals surface area (Å²) in [5.74, 6) is -0.111. The molecule has 140 valence electrons. The van der Waals surface area contributed by atoms with E-state index in [0.29, 0.717) is 31.6 Å². The van der Waals surface area contributed by atoms with Crippen molar-refractivity contribution < 1.29 is 9.59 Å². The van der Waals surface area contributed by atoms with Gasteiger partial charge in [0.15, 0.2) is 0 Å². The normalized spacial score (nSPS) is 20.2. The molecule has 7 nitrogen and oxygen atoms in total. The SMILES string of the molecule is CCNC(=O)[C@@H]1C[C@H](NC(=O)c2cnn(CC)c2)CN1Cc1ccsc1. The second-order valence-corrected chi connectivity index (χ2v) is 7.24. The van der Waals surface area contributed by atoms with Gasteiger partial charge in [-0.2, -0.15) is 16.4 Å². The maximum Gasteiger partial charge on any atom is 0.254 e. The van der Waals surface area contributed by atoms with E-state index in [4.69, 9.17) is 0 Å². The van der Waals surface area contributed by atoms with Gasteiger partial charge in [-0.3, -0.25) is 19.2 Å². The molecule has 2 atom stereocenters. The third kappa shape index (κ3) is 4.31. The number of hydrogen-bond acceptors (Lipinski definition) is 5. The Morgan fingerprint density at radius 2 is 2.23 bits per heavy atom. The van der Waals surface area contributed by atoms with Gasteiger partial charge in [-0.05, 0) is 42.7 Å². The number of aromatic nitrogens is 2. The number of carbonyl (C=O) groups excluding carboxylic acids is 2. The van der Waals surface area contributed by atoms with Gasteiger partial charge < -0.3 is 10.6 Å². The standard InChI is InChI=1S/C18H25N5O2S/c1-3-19-18(25)16-7-15(11-22(16)9-13-5-6-26-12-13)21-17(24)14-8-20-23(4-2)10-14/h5-6,8,10,12,15-16H,3-4,7,9,11H2,1-2H3,(H,19,25)(H,21,24)/t15-,16-/m0/s1. The molecule has 0 bridgehead atoms. The van der Waals surface area contributed by atoms with Crippen molar-refractivity contribution in [2.75, 3.05) is 13.1 Å². The van der Waals surface area contributed by atoms with Crippen LogP contribution >= 0.6 is 11.3 Å². The number of thiophene rings is 1. The Balaban J connectivity index is 1.66. The van der Waals surface area contributed by atoms with Gasteiger partial charge in [0.2, 0.25) is 5.91 Å². The summed E-state index contributed by atoms with van der Waals surface area (Å²) in [4.78, 5) is 27.1. The Kier molecular flexibility index (Phi) is 6.05. The summed E-state index contributed by atoms with van der Waals surface area (Å²) in [5.41, 5.74) is 1.75. The monoisotopic (exact) mass is 375 g/mol. The molecule has 2 aromatic rings. The van der Waals surface area contributed by atoms with E-state index in [1.165, 1.54) is 5.56 Å². The summed E-state index contributed by atoms with van der Waals surface area (Å²) >= 11 is 1.65. The van der Waals surface area contributed by atoms with Crippen LogP contribution in [0.15, 0.2) is 29.2 Å². The van der Waals surface area contributed by atoms with E-state index in [9.17, 15) is 9.59 Å². The van der Waals surface area contributed by atoms with Crippen molar-refractivity contribution in [1.82, 2.24) is 25.3 Å². The van der Waals surface area contributed by atoms with Crippen molar-refractivity contribution in [2.45, 2.75) is 45.4 Å². The Bertz CT molecular complexity index is 743. The first kappa shape index (κ1) is 18.6. The van der Waals surface area contributed by atoms with Crippen LogP contribution in [0.5, 0.6) is 0 Å². The first-order valence-electron chi connectivity index (χ1n) is 8.96. The van der Waals surface area contributed by atoms with Gasteiger partial charge in [0.1, 0.15) is 0 Å². The lowest BCUT2D eigenvalue weighted by molar-refractivity contribution is -0.125. The predicted octanol–water partition coefficient (Wildman–Crippen LogP) is 1.47. The number of nitrogens with one attached hydrogen (secondary N) is 2. The Morgan fingerprint density at radius 1 is 1.38 bits per heavy atom. The topological polar surface area (TPSA) is 79.3 Å². The quantitative estimate of drug-likeness (QED) is 0.768. The summed E-state index contributed by atoms with van der Waals surface area (Å²) in [7, 11) is 0. The molecule has 0 aliphatic carbocycles. The van der Waals surface area contributed by atoms with Crippen molar-refractivity contribution in [3.8, 4) is 0 Å². The second kappa shape index (κ2) is 8.46. The molecule has 26 heavy (non-hydrogen) atoms. The maximum absolute atomic E-state index is 12.5. The van der Waals surface area contributed by atoms with Crippen LogP contribution in [0, 0.1) is 0 Å². The highest BCUT2D eigenvalue weighted by molar-refractivity contribution is 7.07. The molecule has 3 heterocycles. The maximum atomic E-state index is 12.5. The molecule has 0 radical (unpaired) electrons. The number of hydrogen-bond donors (Lipinski definition) is 2. The van der Waals surface area contributed by atoms with Crippen molar-refractivity contribution >= 4 is 23.2 Å². The van der Waals surface area contributed by atoms with Gasteiger partial charge in [-0.1, -0.05) is 0 Å². The van der Waals surface area contributed by atoms with Gasteiger partial charge in [0.25, 0.3) is 5.91 Å². The zero-order chi connectivity index (χ0) is 18.5. The lowest BCUT2D eigenvalue weighted by Gasteiger charge is -2.22. The number of amides is 2. The second-order valence-electron chi connectivity index (χ2n) is 6.46. The molecular formula is C18H25N5O2S. The first-order valence-corrected chi connectivity index (χ1v) is 9.91. The summed E-state index contributed by atoms with van der Waals surface area (Å²) in [5, 5.41) is 14.2. The van der Waals surface area contributed by atoms with Crippen LogP contribution < -0.4 is 10.6 Å². The molecule has 2 N–H and O–H groups in total. The van der Waals surface area contributed by atoms with Crippen molar-refractivity contribution in [1.29, 1.82) is 0 Å². The third-order valence-electron chi connectivity index (χ3n) is 4.58. The van der Waals surface area contributed by atoms with Crippen LogP contribution in [0.3, 0.4) is 0 Å². The fraction of sp³-hybridized carbons (Fsp3) is 0.500. The zero-order valence-corrected chi connectivity index (χ0v) is 16.0. The molecular weight excluding hydrogens is 350 g/mol. The molecule has 1 fully saturated rings. The highest BCUT2D eigenvalue weighted by atomic mass is 32.1.